The summed E-state index contributed by atoms with van der Waals surface area (Å²) in [4.78, 5) is 48.0. The van der Waals surface area contributed by atoms with Gasteiger partial charge in [-0.25, -0.2) is 14.6 Å². The summed E-state index contributed by atoms with van der Waals surface area (Å²) in [6.45, 7) is 1.50. The molecule has 0 spiro atoms. The first-order valence-corrected chi connectivity index (χ1v) is 13.6. The van der Waals surface area contributed by atoms with E-state index in [4.69, 9.17) is 9.47 Å². The predicted octanol–water partition coefficient (Wildman–Crippen LogP) is 6.03. The molecule has 5 aromatic rings. The van der Waals surface area contributed by atoms with Crippen LogP contribution in [0.1, 0.15) is 38.8 Å². The molecular formula is C31H25N3O5S. The minimum absolute atomic E-state index is 0.277. The number of imidazole rings is 1. The van der Waals surface area contributed by atoms with Crippen molar-refractivity contribution in [3.05, 3.63) is 95.1 Å². The molecule has 0 radical (unpaired) electrons. The maximum absolute atomic E-state index is 13.2. The number of nitrogens with zero attached hydrogens (tertiary/aromatic N) is 1. The van der Waals surface area contributed by atoms with Crippen LogP contribution in [0, 0.1) is 0 Å². The summed E-state index contributed by atoms with van der Waals surface area (Å²) in [5.74, 6) is -1.20. The third kappa shape index (κ3) is 4.54. The summed E-state index contributed by atoms with van der Waals surface area (Å²) in [6, 6.07) is 22.5. The monoisotopic (exact) mass is 551 g/mol. The van der Waals surface area contributed by atoms with E-state index in [1.807, 2.05) is 42.5 Å². The lowest BCUT2D eigenvalue weighted by Gasteiger charge is -2.16. The van der Waals surface area contributed by atoms with Crippen LogP contribution in [0.5, 0.6) is 0 Å². The molecule has 3 aromatic carbocycles. The van der Waals surface area contributed by atoms with Crippen LogP contribution in [0.2, 0.25) is 0 Å². The van der Waals surface area contributed by atoms with Crippen LogP contribution < -0.4 is 5.32 Å². The number of aromatic nitrogens is 2. The number of rotatable bonds is 6. The second-order valence-corrected chi connectivity index (χ2v) is 10.5. The standard InChI is InChI=1S/C31H25N3O5S/c1-17(39-30(36)21-12-6-5-11-20(21)27-32-23-13-7-8-14-24(23)33-27)28(35)34-29-25(31(37)38-2)22-16-15-18-9-3-4-10-19(18)26(22)40-29/h3-14,17H,15-16H2,1-2H3,(H,32,33)(H,34,35). The average molecular weight is 552 g/mol. The summed E-state index contributed by atoms with van der Waals surface area (Å²) in [5, 5.41) is 3.20. The molecule has 1 atom stereocenters. The minimum Gasteiger partial charge on any atom is -0.465 e. The van der Waals surface area contributed by atoms with E-state index in [0.717, 1.165) is 33.5 Å². The summed E-state index contributed by atoms with van der Waals surface area (Å²) in [7, 11) is 1.32. The van der Waals surface area contributed by atoms with Crippen molar-refractivity contribution in [2.75, 3.05) is 12.4 Å². The van der Waals surface area contributed by atoms with Crippen molar-refractivity contribution in [3.8, 4) is 21.8 Å². The van der Waals surface area contributed by atoms with Gasteiger partial charge in [-0.2, -0.15) is 0 Å². The molecule has 1 aliphatic carbocycles. The van der Waals surface area contributed by atoms with Crippen molar-refractivity contribution in [1.29, 1.82) is 0 Å². The van der Waals surface area contributed by atoms with Crippen LogP contribution in [-0.4, -0.2) is 41.0 Å². The van der Waals surface area contributed by atoms with Gasteiger partial charge in [0.05, 0.1) is 29.3 Å². The zero-order valence-electron chi connectivity index (χ0n) is 21.8. The summed E-state index contributed by atoms with van der Waals surface area (Å²) in [5.41, 5.74) is 5.90. The Bertz CT molecular complexity index is 1750. The van der Waals surface area contributed by atoms with E-state index < -0.39 is 23.9 Å². The van der Waals surface area contributed by atoms with Gasteiger partial charge in [0.25, 0.3) is 5.91 Å². The Morgan fingerprint density at radius 1 is 0.925 bits per heavy atom. The van der Waals surface area contributed by atoms with Crippen LogP contribution in [0.3, 0.4) is 0 Å². The molecule has 0 fully saturated rings. The van der Waals surface area contributed by atoms with Gasteiger partial charge in [-0.15, -0.1) is 11.3 Å². The molecule has 0 saturated carbocycles. The Labute approximate surface area is 234 Å². The van der Waals surface area contributed by atoms with Gasteiger partial charge in [0.15, 0.2) is 6.10 Å². The summed E-state index contributed by atoms with van der Waals surface area (Å²) >= 11 is 1.33. The summed E-state index contributed by atoms with van der Waals surface area (Å²) < 4.78 is 10.6. The first kappa shape index (κ1) is 25.5. The lowest BCUT2D eigenvalue weighted by Crippen LogP contribution is -2.30. The second-order valence-electron chi connectivity index (χ2n) is 9.45. The van der Waals surface area contributed by atoms with Gasteiger partial charge in [-0.3, -0.25) is 4.79 Å². The van der Waals surface area contributed by atoms with Crippen LogP contribution >= 0.6 is 11.3 Å². The van der Waals surface area contributed by atoms with Gasteiger partial charge in [0, 0.05) is 10.4 Å². The zero-order valence-corrected chi connectivity index (χ0v) is 22.6. The van der Waals surface area contributed by atoms with Gasteiger partial charge >= 0.3 is 11.9 Å². The molecule has 1 aliphatic rings. The molecule has 8 nitrogen and oxygen atoms in total. The van der Waals surface area contributed by atoms with Gasteiger partial charge in [-0.1, -0.05) is 54.6 Å². The third-order valence-corrected chi connectivity index (χ3v) is 8.16. The number of nitrogens with one attached hydrogen (secondary N) is 2. The van der Waals surface area contributed by atoms with Gasteiger partial charge in [-0.05, 0) is 54.7 Å². The highest BCUT2D eigenvalue weighted by Gasteiger charge is 2.31. The Hall–Kier alpha value is -4.76. The number of amides is 1. The van der Waals surface area contributed by atoms with Crippen molar-refractivity contribution < 1.29 is 23.9 Å². The number of H-pyrrole nitrogens is 1. The Kier molecular flexibility index (Phi) is 6.65. The number of carbonyl (C=O) groups excluding carboxylic acids is 3. The van der Waals surface area contributed by atoms with Gasteiger partial charge in [0.1, 0.15) is 10.8 Å². The number of hydrogen-bond acceptors (Lipinski definition) is 7. The molecule has 0 aliphatic heterocycles. The number of thiophene rings is 1. The zero-order chi connectivity index (χ0) is 27.8. The molecule has 0 saturated heterocycles. The maximum atomic E-state index is 13.2. The Balaban J connectivity index is 1.24. The number of hydrogen-bond donors (Lipinski definition) is 2. The van der Waals surface area contributed by atoms with Crippen molar-refractivity contribution >= 4 is 45.2 Å². The largest absolute Gasteiger partial charge is 0.465 e. The molecule has 2 aromatic heterocycles. The van der Waals surface area contributed by atoms with E-state index in [1.54, 1.807) is 24.3 Å². The number of fused-ring (bicyclic) bond motifs is 4. The van der Waals surface area contributed by atoms with Crippen molar-refractivity contribution in [1.82, 2.24) is 9.97 Å². The molecule has 0 bridgehead atoms. The van der Waals surface area contributed by atoms with Gasteiger partial charge < -0.3 is 19.8 Å². The lowest BCUT2D eigenvalue weighted by atomic mass is 9.89. The molecular weight excluding hydrogens is 526 g/mol. The molecule has 1 unspecified atom stereocenters. The molecule has 9 heteroatoms. The van der Waals surface area contributed by atoms with Crippen molar-refractivity contribution in [2.45, 2.75) is 25.9 Å². The Morgan fingerprint density at radius 2 is 1.65 bits per heavy atom. The van der Waals surface area contributed by atoms with E-state index in [2.05, 4.69) is 21.4 Å². The minimum atomic E-state index is -1.13. The highest BCUT2D eigenvalue weighted by molar-refractivity contribution is 7.20. The van der Waals surface area contributed by atoms with Crippen molar-refractivity contribution in [2.24, 2.45) is 0 Å². The van der Waals surface area contributed by atoms with Crippen LogP contribution in [0.4, 0.5) is 5.00 Å². The van der Waals surface area contributed by atoms with Crippen LogP contribution in [0.15, 0.2) is 72.8 Å². The fourth-order valence-electron chi connectivity index (χ4n) is 4.99. The number of carbonyl (C=O) groups is 3. The SMILES string of the molecule is COC(=O)c1c(NC(=O)C(C)OC(=O)c2ccccc2-c2nc3ccccc3[nH]2)sc2c1CCc1ccccc1-2. The highest BCUT2D eigenvalue weighted by Crippen LogP contribution is 2.45. The smallest absolute Gasteiger partial charge is 0.341 e. The van der Waals surface area contributed by atoms with Crippen molar-refractivity contribution in [3.63, 3.8) is 0 Å². The quantitative estimate of drug-likeness (QED) is 0.250. The summed E-state index contributed by atoms with van der Waals surface area (Å²) in [6.07, 6.45) is 0.315. The number of aryl methyl sites for hydroxylation is 1. The molecule has 200 valence electrons. The normalized spacial score (nSPS) is 12.8. The van der Waals surface area contributed by atoms with E-state index in [-0.39, 0.29) is 5.56 Å². The highest BCUT2D eigenvalue weighted by atomic mass is 32.1. The maximum Gasteiger partial charge on any atom is 0.341 e. The van der Waals surface area contributed by atoms with E-state index >= 15 is 0 Å². The topological polar surface area (TPSA) is 110 Å². The third-order valence-electron chi connectivity index (χ3n) is 6.98. The number of anilines is 1. The molecule has 40 heavy (non-hydrogen) atoms. The molecule has 1 amide bonds. The number of ether oxygens (including phenoxy) is 2. The number of esters is 2. The van der Waals surface area contributed by atoms with E-state index in [0.29, 0.717) is 28.4 Å². The fraction of sp³-hybridized carbons (Fsp3) is 0.161. The number of para-hydroxylation sites is 2. The average Bonchev–Trinajstić information content (AvgIpc) is 3.58. The number of methoxy groups -OCH3 is 1. The fourth-order valence-corrected chi connectivity index (χ4v) is 6.29. The number of benzene rings is 3. The second kappa shape index (κ2) is 10.4. The predicted molar refractivity (Wildman–Crippen MR) is 154 cm³/mol. The van der Waals surface area contributed by atoms with Crippen LogP contribution in [0.25, 0.3) is 32.9 Å². The van der Waals surface area contributed by atoms with E-state index in [9.17, 15) is 14.4 Å². The van der Waals surface area contributed by atoms with Crippen LogP contribution in [-0.2, 0) is 27.1 Å². The first-order valence-electron chi connectivity index (χ1n) is 12.8. The number of aromatic amines is 1. The first-order chi connectivity index (χ1) is 19.4. The Morgan fingerprint density at radius 3 is 2.45 bits per heavy atom. The lowest BCUT2D eigenvalue weighted by molar-refractivity contribution is -0.123. The van der Waals surface area contributed by atoms with E-state index in [1.165, 1.54) is 30.9 Å². The molecule has 2 N–H and O–H groups in total. The van der Waals surface area contributed by atoms with Gasteiger partial charge in [0.2, 0.25) is 0 Å². The molecule has 6 rings (SSSR count). The molecule has 2 heterocycles.